The van der Waals surface area contributed by atoms with E-state index < -0.39 is 0 Å². The minimum Gasteiger partial charge on any atom is -0.333 e. The topological polar surface area (TPSA) is 26.0 Å². The van der Waals surface area contributed by atoms with Crippen molar-refractivity contribution in [2.45, 2.75) is 11.8 Å². The van der Waals surface area contributed by atoms with Gasteiger partial charge < -0.3 is 5.73 Å². The number of aryl methyl sites for hydroxylation is 1. The van der Waals surface area contributed by atoms with Crippen LogP contribution in [0.4, 0.5) is 0 Å². The van der Waals surface area contributed by atoms with Gasteiger partial charge in [0.05, 0.1) is 0 Å². The van der Waals surface area contributed by atoms with Crippen LogP contribution in [0.15, 0.2) is 29.2 Å². The third-order valence-corrected chi connectivity index (χ3v) is 3.09. The summed E-state index contributed by atoms with van der Waals surface area (Å²) in [7, 11) is 3.25. The molecule has 2 N–H and O–H groups in total. The summed E-state index contributed by atoms with van der Waals surface area (Å²) in [5, 5.41) is 0. The van der Waals surface area contributed by atoms with Crippen LogP contribution in [-0.4, -0.2) is 7.05 Å². The molecule has 0 saturated carbocycles. The van der Waals surface area contributed by atoms with Crippen molar-refractivity contribution in [2.75, 3.05) is 7.05 Å². The van der Waals surface area contributed by atoms with Crippen molar-refractivity contribution < 1.29 is 0 Å². The molecule has 1 aromatic carbocycles. The van der Waals surface area contributed by atoms with Crippen LogP contribution in [-0.2, 0) is 0 Å². The SMILES string of the molecule is CN.Cc1ccc(SI)cc1. The van der Waals surface area contributed by atoms with Gasteiger partial charge in [-0.05, 0) is 26.1 Å². The van der Waals surface area contributed by atoms with Gasteiger partial charge in [0.25, 0.3) is 0 Å². The Labute approximate surface area is 84.3 Å². The first-order valence-corrected chi connectivity index (χ1v) is 6.62. The predicted molar refractivity (Wildman–Crippen MR) is 61.2 cm³/mol. The van der Waals surface area contributed by atoms with Crippen molar-refractivity contribution in [2.24, 2.45) is 5.73 Å². The average molecular weight is 281 g/mol. The minimum absolute atomic E-state index is 1.32. The Morgan fingerprint density at radius 3 is 2.00 bits per heavy atom. The zero-order valence-corrected chi connectivity index (χ0v) is 9.65. The van der Waals surface area contributed by atoms with Gasteiger partial charge in [0.15, 0.2) is 0 Å². The molecule has 0 aliphatic heterocycles. The molecule has 62 valence electrons. The van der Waals surface area contributed by atoms with E-state index in [1.165, 1.54) is 17.5 Å². The smallest absolute Gasteiger partial charge is 0.0178 e. The lowest BCUT2D eigenvalue weighted by Gasteiger charge is -1.92. The molecule has 0 atom stereocenters. The van der Waals surface area contributed by atoms with Gasteiger partial charge in [0.1, 0.15) is 0 Å². The third-order valence-electron chi connectivity index (χ3n) is 1.11. The number of benzene rings is 1. The maximum absolute atomic E-state index is 4.50. The molecule has 0 saturated heterocycles. The lowest BCUT2D eigenvalue weighted by molar-refractivity contribution is 1.39. The zero-order chi connectivity index (χ0) is 8.69. The highest BCUT2D eigenvalue weighted by Gasteiger charge is 1.86. The molecule has 1 rings (SSSR count). The Morgan fingerprint density at radius 2 is 1.64 bits per heavy atom. The first-order chi connectivity index (χ1) is 5.33. The molecule has 1 aromatic rings. The zero-order valence-electron chi connectivity index (χ0n) is 6.67. The number of hydrogen-bond acceptors (Lipinski definition) is 2. The molecule has 0 radical (unpaired) electrons. The summed E-state index contributed by atoms with van der Waals surface area (Å²) in [6.07, 6.45) is 0. The number of halogens is 1. The molecule has 3 heteroatoms. The van der Waals surface area contributed by atoms with E-state index in [-0.39, 0.29) is 0 Å². The predicted octanol–water partition coefficient (Wildman–Crippen LogP) is 3.01. The van der Waals surface area contributed by atoms with Gasteiger partial charge in [-0.3, -0.25) is 0 Å². The molecular weight excluding hydrogens is 269 g/mol. The number of rotatable bonds is 1. The molecular formula is C8H12INS. The maximum Gasteiger partial charge on any atom is 0.0178 e. The van der Waals surface area contributed by atoms with E-state index in [9.17, 15) is 0 Å². The second-order valence-electron chi connectivity index (χ2n) is 1.89. The fraction of sp³-hybridized carbons (Fsp3) is 0.250. The maximum atomic E-state index is 4.50. The van der Waals surface area contributed by atoms with Crippen LogP contribution >= 0.6 is 30.1 Å². The molecule has 11 heavy (non-hydrogen) atoms. The third kappa shape index (κ3) is 4.66. The highest BCUT2D eigenvalue weighted by molar-refractivity contribution is 14.2. The number of hydrogen-bond donors (Lipinski definition) is 1. The van der Waals surface area contributed by atoms with E-state index in [1.807, 2.05) is 0 Å². The highest BCUT2D eigenvalue weighted by atomic mass is 127. The first kappa shape index (κ1) is 11.3. The summed E-state index contributed by atoms with van der Waals surface area (Å²) in [5.74, 6) is 0. The van der Waals surface area contributed by atoms with Crippen LogP contribution in [0, 0.1) is 6.92 Å². The summed E-state index contributed by atoms with van der Waals surface area (Å²) in [5.41, 5.74) is 5.82. The van der Waals surface area contributed by atoms with Crippen molar-refractivity contribution in [3.05, 3.63) is 29.8 Å². The second-order valence-corrected chi connectivity index (χ2v) is 3.84. The molecule has 0 aliphatic rings. The molecule has 1 nitrogen and oxygen atoms in total. The van der Waals surface area contributed by atoms with Gasteiger partial charge >= 0.3 is 0 Å². The quantitative estimate of drug-likeness (QED) is 0.801. The normalized spacial score (nSPS) is 8.36. The summed E-state index contributed by atoms with van der Waals surface area (Å²) >= 11 is 2.28. The Hall–Kier alpha value is 0.260. The Balaban J connectivity index is 0.000000461. The van der Waals surface area contributed by atoms with Crippen LogP contribution in [0.2, 0.25) is 0 Å². The minimum atomic E-state index is 1.32. The molecule has 0 heterocycles. The monoisotopic (exact) mass is 281 g/mol. The van der Waals surface area contributed by atoms with Crippen LogP contribution < -0.4 is 5.73 Å². The van der Waals surface area contributed by atoms with Gasteiger partial charge in [-0.1, -0.05) is 26.6 Å². The van der Waals surface area contributed by atoms with Crippen molar-refractivity contribution in [3.8, 4) is 0 Å². The molecule has 0 amide bonds. The van der Waals surface area contributed by atoms with Crippen LogP contribution in [0.25, 0.3) is 0 Å². The van der Waals surface area contributed by atoms with E-state index >= 15 is 0 Å². The Morgan fingerprint density at radius 1 is 1.18 bits per heavy atom. The van der Waals surface area contributed by atoms with Gasteiger partial charge in [-0.25, -0.2) is 0 Å². The molecule has 0 unspecified atom stereocenters. The lowest BCUT2D eigenvalue weighted by atomic mass is 10.2. The number of nitrogens with two attached hydrogens (primary N) is 1. The van der Waals surface area contributed by atoms with E-state index in [0.717, 1.165) is 0 Å². The molecule has 0 fully saturated rings. The largest absolute Gasteiger partial charge is 0.333 e. The molecule has 0 bridgehead atoms. The van der Waals surface area contributed by atoms with Gasteiger partial charge in [0.2, 0.25) is 0 Å². The van der Waals surface area contributed by atoms with E-state index in [1.54, 1.807) is 8.93 Å². The summed E-state index contributed by atoms with van der Waals surface area (Å²) in [6, 6.07) is 8.51. The van der Waals surface area contributed by atoms with Crippen molar-refractivity contribution in [3.63, 3.8) is 0 Å². The van der Waals surface area contributed by atoms with Crippen LogP contribution in [0.1, 0.15) is 5.56 Å². The standard InChI is InChI=1S/C7H7IS.CH5N/c1-6-2-4-7(9-8)5-3-6;1-2/h2-5H,1H3;2H2,1H3. The average Bonchev–Trinajstić information content (AvgIpc) is 2.10. The van der Waals surface area contributed by atoms with Crippen LogP contribution in [0.3, 0.4) is 0 Å². The fourth-order valence-electron chi connectivity index (χ4n) is 0.590. The lowest BCUT2D eigenvalue weighted by Crippen LogP contribution is -1.69. The Kier molecular flexibility index (Phi) is 7.10. The van der Waals surface area contributed by atoms with Gasteiger partial charge in [-0.15, -0.1) is 0 Å². The summed E-state index contributed by atoms with van der Waals surface area (Å²) < 4.78 is 0. The first-order valence-electron chi connectivity index (χ1n) is 3.26. The molecule has 0 aromatic heterocycles. The van der Waals surface area contributed by atoms with E-state index in [2.05, 4.69) is 58.1 Å². The second kappa shape index (κ2) is 6.94. The Bertz CT molecular complexity index is 186. The van der Waals surface area contributed by atoms with Gasteiger partial charge in [0, 0.05) is 26.1 Å². The van der Waals surface area contributed by atoms with Crippen molar-refractivity contribution >= 4 is 30.1 Å². The summed E-state index contributed by atoms with van der Waals surface area (Å²) in [4.78, 5) is 1.32. The fourth-order valence-corrected chi connectivity index (χ4v) is 1.71. The molecule has 0 aliphatic carbocycles. The van der Waals surface area contributed by atoms with Gasteiger partial charge in [-0.2, -0.15) is 0 Å². The van der Waals surface area contributed by atoms with Crippen LogP contribution in [0.5, 0.6) is 0 Å². The van der Waals surface area contributed by atoms with E-state index in [4.69, 9.17) is 0 Å². The summed E-state index contributed by atoms with van der Waals surface area (Å²) in [6.45, 7) is 2.10. The molecule has 0 spiro atoms. The van der Waals surface area contributed by atoms with Crippen molar-refractivity contribution in [1.29, 1.82) is 0 Å². The highest BCUT2D eigenvalue weighted by Crippen LogP contribution is 2.24. The van der Waals surface area contributed by atoms with E-state index in [0.29, 0.717) is 0 Å². The van der Waals surface area contributed by atoms with Crippen molar-refractivity contribution in [1.82, 2.24) is 0 Å².